The molecule has 1 heterocycles. The summed E-state index contributed by atoms with van der Waals surface area (Å²) in [5, 5.41) is 8.70. The molecular weight excluding hydrogens is 276 g/mol. The maximum absolute atomic E-state index is 6.25. The van der Waals surface area contributed by atoms with Crippen LogP contribution in [0.5, 0.6) is 11.5 Å². The number of rotatable bonds is 6. The number of aromatic nitrogens is 3. The minimum absolute atomic E-state index is 0.179. The van der Waals surface area contributed by atoms with E-state index in [1.807, 2.05) is 29.8 Å². The lowest BCUT2D eigenvalue weighted by atomic mass is 10.1. The Morgan fingerprint density at radius 3 is 2.75 bits per heavy atom. The van der Waals surface area contributed by atoms with Crippen LogP contribution in [-0.4, -0.2) is 34.7 Å². The van der Waals surface area contributed by atoms with E-state index in [4.69, 9.17) is 15.2 Å². The van der Waals surface area contributed by atoms with Crippen LogP contribution in [0.25, 0.3) is 0 Å². The first-order valence-electron chi connectivity index (χ1n) is 6.10. The van der Waals surface area contributed by atoms with Crippen molar-refractivity contribution in [1.29, 1.82) is 0 Å². The van der Waals surface area contributed by atoms with Crippen LogP contribution in [0.4, 0.5) is 0 Å². The standard InChI is InChI=1S/C13H18N4O2S/c1-17-8-15-16-13(17)20-7-11(14)10-6-9(18-2)4-5-12(10)19-3/h4-6,8,11H,7,14H2,1-3H3. The molecule has 0 saturated heterocycles. The highest BCUT2D eigenvalue weighted by Crippen LogP contribution is 2.31. The van der Waals surface area contributed by atoms with Crippen molar-refractivity contribution in [1.82, 2.24) is 14.8 Å². The molecule has 0 aliphatic rings. The molecule has 0 amide bonds. The predicted octanol–water partition coefficient (Wildman–Crippen LogP) is 1.62. The van der Waals surface area contributed by atoms with Crippen molar-refractivity contribution in [2.75, 3.05) is 20.0 Å². The van der Waals surface area contributed by atoms with Crippen LogP contribution in [0, 0.1) is 0 Å². The van der Waals surface area contributed by atoms with E-state index in [0.29, 0.717) is 5.75 Å². The summed E-state index contributed by atoms with van der Waals surface area (Å²) >= 11 is 1.56. The van der Waals surface area contributed by atoms with E-state index in [-0.39, 0.29) is 6.04 Å². The van der Waals surface area contributed by atoms with Gasteiger partial charge in [0.1, 0.15) is 17.8 Å². The van der Waals surface area contributed by atoms with Crippen molar-refractivity contribution in [2.45, 2.75) is 11.2 Å². The van der Waals surface area contributed by atoms with Crippen molar-refractivity contribution in [3.8, 4) is 11.5 Å². The van der Waals surface area contributed by atoms with Gasteiger partial charge in [-0.25, -0.2) is 0 Å². The molecule has 0 bridgehead atoms. The molecule has 2 N–H and O–H groups in total. The summed E-state index contributed by atoms with van der Waals surface area (Å²) in [6, 6.07) is 5.44. The van der Waals surface area contributed by atoms with E-state index in [2.05, 4.69) is 10.2 Å². The van der Waals surface area contributed by atoms with Gasteiger partial charge < -0.3 is 19.8 Å². The maximum Gasteiger partial charge on any atom is 0.190 e. The zero-order valence-electron chi connectivity index (χ0n) is 11.7. The van der Waals surface area contributed by atoms with Gasteiger partial charge in [-0.05, 0) is 18.2 Å². The average Bonchev–Trinajstić information content (AvgIpc) is 2.89. The van der Waals surface area contributed by atoms with E-state index in [0.717, 1.165) is 22.2 Å². The largest absolute Gasteiger partial charge is 0.497 e. The average molecular weight is 294 g/mol. The van der Waals surface area contributed by atoms with Crippen LogP contribution < -0.4 is 15.2 Å². The molecule has 0 aliphatic heterocycles. The molecule has 1 aromatic carbocycles. The molecule has 2 aromatic rings. The van der Waals surface area contributed by atoms with Gasteiger partial charge in [-0.2, -0.15) is 0 Å². The molecule has 0 saturated carbocycles. The molecule has 1 unspecified atom stereocenters. The third-order valence-corrected chi connectivity index (χ3v) is 4.05. The lowest BCUT2D eigenvalue weighted by Crippen LogP contribution is -2.14. The van der Waals surface area contributed by atoms with Crippen molar-refractivity contribution >= 4 is 11.8 Å². The minimum Gasteiger partial charge on any atom is -0.497 e. The van der Waals surface area contributed by atoms with E-state index >= 15 is 0 Å². The Labute approximate surface area is 122 Å². The lowest BCUT2D eigenvalue weighted by molar-refractivity contribution is 0.396. The molecule has 1 atom stereocenters. The number of thioether (sulfide) groups is 1. The van der Waals surface area contributed by atoms with Crippen molar-refractivity contribution < 1.29 is 9.47 Å². The molecule has 0 fully saturated rings. The van der Waals surface area contributed by atoms with Gasteiger partial charge in [0.2, 0.25) is 0 Å². The number of nitrogens with zero attached hydrogens (tertiary/aromatic N) is 3. The van der Waals surface area contributed by atoms with Crippen molar-refractivity contribution in [3.05, 3.63) is 30.1 Å². The number of ether oxygens (including phenoxy) is 2. The van der Waals surface area contributed by atoms with Crippen LogP contribution >= 0.6 is 11.8 Å². The van der Waals surface area contributed by atoms with Gasteiger partial charge in [0.15, 0.2) is 5.16 Å². The second-order valence-corrected chi connectivity index (χ2v) is 5.24. The SMILES string of the molecule is COc1ccc(OC)c(C(N)CSc2nncn2C)c1. The quantitative estimate of drug-likeness (QED) is 0.816. The molecule has 7 heteroatoms. The second-order valence-electron chi connectivity index (χ2n) is 4.25. The van der Waals surface area contributed by atoms with Gasteiger partial charge in [-0.15, -0.1) is 10.2 Å². The van der Waals surface area contributed by atoms with Crippen molar-refractivity contribution in [2.24, 2.45) is 12.8 Å². The van der Waals surface area contributed by atoms with Gasteiger partial charge in [-0.1, -0.05) is 11.8 Å². The van der Waals surface area contributed by atoms with E-state index in [1.54, 1.807) is 32.3 Å². The molecule has 6 nitrogen and oxygen atoms in total. The molecule has 0 radical (unpaired) electrons. The summed E-state index contributed by atoms with van der Waals surface area (Å²) in [5.41, 5.74) is 7.17. The zero-order chi connectivity index (χ0) is 14.5. The molecule has 2 rings (SSSR count). The van der Waals surface area contributed by atoms with Gasteiger partial charge in [0, 0.05) is 24.4 Å². The number of nitrogens with two attached hydrogens (primary N) is 1. The third kappa shape index (κ3) is 3.23. The van der Waals surface area contributed by atoms with Crippen LogP contribution in [-0.2, 0) is 7.05 Å². The van der Waals surface area contributed by atoms with E-state index in [9.17, 15) is 0 Å². The number of hydrogen-bond donors (Lipinski definition) is 1. The minimum atomic E-state index is -0.179. The Balaban J connectivity index is 2.11. The number of aryl methyl sites for hydroxylation is 1. The monoisotopic (exact) mass is 294 g/mol. The Morgan fingerprint density at radius 1 is 1.35 bits per heavy atom. The summed E-state index contributed by atoms with van der Waals surface area (Å²) < 4.78 is 12.4. The van der Waals surface area contributed by atoms with Gasteiger partial charge in [0.05, 0.1) is 14.2 Å². The van der Waals surface area contributed by atoms with Crippen molar-refractivity contribution in [3.63, 3.8) is 0 Å². The molecule has 108 valence electrons. The third-order valence-electron chi connectivity index (χ3n) is 2.90. The van der Waals surface area contributed by atoms with Crippen LogP contribution in [0.3, 0.4) is 0 Å². The Morgan fingerprint density at radius 2 is 2.15 bits per heavy atom. The maximum atomic E-state index is 6.25. The smallest absolute Gasteiger partial charge is 0.190 e. The normalized spacial score (nSPS) is 12.2. The Hall–Kier alpha value is -1.73. The highest BCUT2D eigenvalue weighted by atomic mass is 32.2. The second kappa shape index (κ2) is 6.62. The summed E-state index contributed by atoms with van der Waals surface area (Å²) in [5.74, 6) is 2.20. The first-order valence-corrected chi connectivity index (χ1v) is 7.08. The van der Waals surface area contributed by atoms with E-state index in [1.165, 1.54) is 0 Å². The Bertz CT molecular complexity index is 573. The fraction of sp³-hybridized carbons (Fsp3) is 0.385. The number of hydrogen-bond acceptors (Lipinski definition) is 6. The first kappa shape index (κ1) is 14.7. The van der Waals surface area contributed by atoms with Gasteiger partial charge >= 0.3 is 0 Å². The van der Waals surface area contributed by atoms with Crippen LogP contribution in [0.1, 0.15) is 11.6 Å². The number of methoxy groups -OCH3 is 2. The van der Waals surface area contributed by atoms with Crippen LogP contribution in [0.15, 0.2) is 29.7 Å². The lowest BCUT2D eigenvalue weighted by Gasteiger charge is -2.16. The fourth-order valence-corrected chi connectivity index (χ4v) is 2.65. The summed E-state index contributed by atoms with van der Waals surface area (Å²) in [6.07, 6.45) is 1.67. The highest BCUT2D eigenvalue weighted by Gasteiger charge is 2.15. The zero-order valence-corrected chi connectivity index (χ0v) is 12.6. The summed E-state index contributed by atoms with van der Waals surface area (Å²) in [4.78, 5) is 0. The van der Waals surface area contributed by atoms with Gasteiger partial charge in [0.25, 0.3) is 0 Å². The summed E-state index contributed by atoms with van der Waals surface area (Å²) in [7, 11) is 5.17. The first-order chi connectivity index (χ1) is 9.65. The van der Waals surface area contributed by atoms with Gasteiger partial charge in [-0.3, -0.25) is 0 Å². The molecular formula is C13H18N4O2S. The number of benzene rings is 1. The topological polar surface area (TPSA) is 75.2 Å². The Kier molecular flexibility index (Phi) is 4.86. The highest BCUT2D eigenvalue weighted by molar-refractivity contribution is 7.99. The van der Waals surface area contributed by atoms with Crippen LogP contribution in [0.2, 0.25) is 0 Å². The molecule has 0 spiro atoms. The predicted molar refractivity (Wildman–Crippen MR) is 78.2 cm³/mol. The molecule has 1 aromatic heterocycles. The summed E-state index contributed by atoms with van der Waals surface area (Å²) in [6.45, 7) is 0. The molecule has 20 heavy (non-hydrogen) atoms. The fourth-order valence-electron chi connectivity index (χ4n) is 1.79. The van der Waals surface area contributed by atoms with E-state index < -0.39 is 0 Å². The molecule has 0 aliphatic carbocycles.